The van der Waals surface area contributed by atoms with Crippen molar-refractivity contribution in [2.75, 3.05) is 0 Å². The minimum atomic E-state index is -2.55. The van der Waals surface area contributed by atoms with Crippen molar-refractivity contribution in [2.45, 2.75) is 12.5 Å². The average Bonchev–Trinajstić information content (AvgIpc) is 2.58. The summed E-state index contributed by atoms with van der Waals surface area (Å²) in [6.07, 6.45) is -2.55. The molecule has 2 nitrogen and oxygen atoms in total. The van der Waals surface area contributed by atoms with Gasteiger partial charge in [0.2, 0.25) is 0 Å². The van der Waals surface area contributed by atoms with E-state index in [0.717, 1.165) is 15.4 Å². The van der Waals surface area contributed by atoms with Crippen LogP contribution in [0.4, 0.5) is 8.78 Å². The lowest BCUT2D eigenvalue weighted by molar-refractivity contribution is 0.115. The standard InChI is InChI=1S/C10H9BrF2N2/c11-6-1-2-7-5(3-6)4-8(15-7)9(14)10(12)13/h1-4,9-10,15H,14H2. The van der Waals surface area contributed by atoms with Crippen molar-refractivity contribution in [1.82, 2.24) is 4.98 Å². The van der Waals surface area contributed by atoms with Crippen LogP contribution in [0.2, 0.25) is 0 Å². The van der Waals surface area contributed by atoms with Crippen molar-refractivity contribution in [3.05, 3.63) is 34.4 Å². The van der Waals surface area contributed by atoms with Crippen molar-refractivity contribution < 1.29 is 8.78 Å². The summed E-state index contributed by atoms with van der Waals surface area (Å²) in [6, 6.07) is 5.92. The number of H-pyrrole nitrogens is 1. The lowest BCUT2D eigenvalue weighted by atomic mass is 10.2. The summed E-state index contributed by atoms with van der Waals surface area (Å²) in [7, 11) is 0. The number of aromatic amines is 1. The molecule has 0 bridgehead atoms. The summed E-state index contributed by atoms with van der Waals surface area (Å²) in [5.41, 5.74) is 6.52. The predicted molar refractivity (Wildman–Crippen MR) is 58.9 cm³/mol. The first kappa shape index (κ1) is 10.6. The summed E-state index contributed by atoms with van der Waals surface area (Å²) in [5.74, 6) is 0. The third-order valence-corrected chi connectivity index (χ3v) is 2.73. The molecule has 0 saturated carbocycles. The topological polar surface area (TPSA) is 41.8 Å². The van der Waals surface area contributed by atoms with E-state index in [4.69, 9.17) is 5.73 Å². The second-order valence-corrected chi connectivity index (χ2v) is 4.23. The minimum absolute atomic E-state index is 0.359. The van der Waals surface area contributed by atoms with Gasteiger partial charge in [0.05, 0.1) is 0 Å². The predicted octanol–water partition coefficient (Wildman–Crippen LogP) is 3.20. The number of hydrogen-bond acceptors (Lipinski definition) is 1. The van der Waals surface area contributed by atoms with Crippen LogP contribution < -0.4 is 5.73 Å². The molecule has 0 fully saturated rings. The van der Waals surface area contributed by atoms with Crippen LogP contribution in [0.1, 0.15) is 11.7 Å². The Morgan fingerprint density at radius 3 is 2.67 bits per heavy atom. The van der Waals surface area contributed by atoms with Gasteiger partial charge in [-0.1, -0.05) is 15.9 Å². The highest BCUT2D eigenvalue weighted by Crippen LogP contribution is 2.24. The molecule has 5 heteroatoms. The molecule has 1 heterocycles. The number of hydrogen-bond donors (Lipinski definition) is 2. The highest BCUT2D eigenvalue weighted by Gasteiger charge is 2.19. The van der Waals surface area contributed by atoms with Crippen molar-refractivity contribution in [3.8, 4) is 0 Å². The molecule has 80 valence electrons. The van der Waals surface area contributed by atoms with Gasteiger partial charge in [0.1, 0.15) is 6.04 Å². The van der Waals surface area contributed by atoms with Crippen LogP contribution in [0.5, 0.6) is 0 Å². The first-order chi connectivity index (χ1) is 7.08. The molecule has 0 radical (unpaired) electrons. The van der Waals surface area contributed by atoms with Gasteiger partial charge < -0.3 is 10.7 Å². The molecule has 1 atom stereocenters. The van der Waals surface area contributed by atoms with E-state index in [1.165, 1.54) is 0 Å². The lowest BCUT2D eigenvalue weighted by Gasteiger charge is -2.06. The van der Waals surface area contributed by atoms with E-state index in [1.54, 1.807) is 6.07 Å². The van der Waals surface area contributed by atoms with Crippen LogP contribution in [-0.4, -0.2) is 11.4 Å². The zero-order valence-electron chi connectivity index (χ0n) is 7.68. The highest BCUT2D eigenvalue weighted by atomic mass is 79.9. The summed E-state index contributed by atoms with van der Waals surface area (Å²) in [6.45, 7) is 0. The largest absolute Gasteiger partial charge is 0.357 e. The number of nitrogens with one attached hydrogen (secondary N) is 1. The lowest BCUT2D eigenvalue weighted by Crippen LogP contribution is -2.19. The smallest absolute Gasteiger partial charge is 0.259 e. The van der Waals surface area contributed by atoms with Crippen LogP contribution in [0.3, 0.4) is 0 Å². The number of fused-ring (bicyclic) bond motifs is 1. The third-order valence-electron chi connectivity index (χ3n) is 2.23. The Bertz CT molecular complexity index is 481. The van der Waals surface area contributed by atoms with E-state index >= 15 is 0 Å². The van der Waals surface area contributed by atoms with Crippen LogP contribution in [0.25, 0.3) is 10.9 Å². The number of rotatable bonds is 2. The van der Waals surface area contributed by atoms with E-state index in [-0.39, 0.29) is 0 Å². The van der Waals surface area contributed by atoms with Gasteiger partial charge >= 0.3 is 0 Å². The monoisotopic (exact) mass is 274 g/mol. The second-order valence-electron chi connectivity index (χ2n) is 3.32. The maximum Gasteiger partial charge on any atom is 0.259 e. The van der Waals surface area contributed by atoms with Crippen LogP contribution in [-0.2, 0) is 0 Å². The molecule has 0 saturated heterocycles. The Kier molecular flexibility index (Phi) is 2.75. The first-order valence-electron chi connectivity index (χ1n) is 4.40. The Morgan fingerprint density at radius 2 is 2.00 bits per heavy atom. The summed E-state index contributed by atoms with van der Waals surface area (Å²) >= 11 is 3.31. The zero-order valence-corrected chi connectivity index (χ0v) is 9.26. The van der Waals surface area contributed by atoms with E-state index in [9.17, 15) is 8.78 Å². The van der Waals surface area contributed by atoms with E-state index < -0.39 is 12.5 Å². The number of nitrogens with two attached hydrogens (primary N) is 1. The van der Waals surface area contributed by atoms with Crippen LogP contribution >= 0.6 is 15.9 Å². The maximum absolute atomic E-state index is 12.4. The molecule has 1 unspecified atom stereocenters. The van der Waals surface area contributed by atoms with Gasteiger partial charge in [0.15, 0.2) is 0 Å². The zero-order chi connectivity index (χ0) is 11.0. The number of halogens is 3. The van der Waals surface area contributed by atoms with Crippen molar-refractivity contribution in [1.29, 1.82) is 0 Å². The molecule has 15 heavy (non-hydrogen) atoms. The Labute approximate surface area is 93.6 Å². The molecule has 0 aliphatic carbocycles. The Hall–Kier alpha value is -0.940. The van der Waals surface area contributed by atoms with E-state index in [2.05, 4.69) is 20.9 Å². The first-order valence-corrected chi connectivity index (χ1v) is 5.19. The van der Waals surface area contributed by atoms with Crippen molar-refractivity contribution >= 4 is 26.8 Å². The molecular formula is C10H9BrF2N2. The van der Waals surface area contributed by atoms with Gasteiger partial charge in [0, 0.05) is 21.1 Å². The number of aromatic nitrogens is 1. The summed E-state index contributed by atoms with van der Waals surface area (Å²) < 4.78 is 25.6. The Balaban J connectivity index is 2.47. The summed E-state index contributed by atoms with van der Waals surface area (Å²) in [5, 5.41) is 0.871. The molecule has 2 rings (SSSR count). The number of benzene rings is 1. The average molecular weight is 275 g/mol. The molecule has 1 aromatic carbocycles. The SMILES string of the molecule is NC(c1cc2cc(Br)ccc2[nH]1)C(F)F. The van der Waals surface area contributed by atoms with Gasteiger partial charge in [-0.2, -0.15) is 0 Å². The summed E-state index contributed by atoms with van der Waals surface area (Å²) in [4.78, 5) is 2.88. The van der Waals surface area contributed by atoms with Crippen LogP contribution in [0.15, 0.2) is 28.7 Å². The van der Waals surface area contributed by atoms with E-state index in [0.29, 0.717) is 5.69 Å². The molecular weight excluding hydrogens is 266 g/mol. The minimum Gasteiger partial charge on any atom is -0.357 e. The highest BCUT2D eigenvalue weighted by molar-refractivity contribution is 9.10. The third kappa shape index (κ3) is 2.03. The quantitative estimate of drug-likeness (QED) is 0.868. The van der Waals surface area contributed by atoms with Crippen LogP contribution in [0, 0.1) is 0 Å². The van der Waals surface area contributed by atoms with Gasteiger partial charge in [-0.3, -0.25) is 0 Å². The molecule has 0 amide bonds. The number of alkyl halides is 2. The fourth-order valence-electron chi connectivity index (χ4n) is 1.44. The second kappa shape index (κ2) is 3.90. The van der Waals surface area contributed by atoms with E-state index in [1.807, 2.05) is 18.2 Å². The molecule has 3 N–H and O–H groups in total. The van der Waals surface area contributed by atoms with Crippen molar-refractivity contribution in [3.63, 3.8) is 0 Å². The Morgan fingerprint density at radius 1 is 1.27 bits per heavy atom. The normalized spacial score (nSPS) is 13.7. The molecule has 0 spiro atoms. The fourth-order valence-corrected chi connectivity index (χ4v) is 1.82. The maximum atomic E-state index is 12.4. The van der Waals surface area contributed by atoms with Gasteiger partial charge in [-0.15, -0.1) is 0 Å². The van der Waals surface area contributed by atoms with Crippen molar-refractivity contribution in [2.24, 2.45) is 5.73 Å². The molecule has 0 aliphatic heterocycles. The van der Waals surface area contributed by atoms with Gasteiger partial charge in [-0.05, 0) is 24.3 Å². The van der Waals surface area contributed by atoms with Gasteiger partial charge in [-0.25, -0.2) is 8.78 Å². The van der Waals surface area contributed by atoms with Gasteiger partial charge in [0.25, 0.3) is 6.43 Å². The fraction of sp³-hybridized carbons (Fsp3) is 0.200. The molecule has 2 aromatic rings. The molecule has 0 aliphatic rings. The molecule has 1 aromatic heterocycles.